The molecule has 0 bridgehead atoms. The van der Waals surface area contributed by atoms with E-state index in [1.807, 2.05) is 31.2 Å². The molecule has 3 aromatic rings. The second-order valence-corrected chi connectivity index (χ2v) is 6.42. The van der Waals surface area contributed by atoms with Gasteiger partial charge < -0.3 is 9.47 Å². The monoisotopic (exact) mass is 383 g/mol. The van der Waals surface area contributed by atoms with E-state index in [-0.39, 0.29) is 12.4 Å². The van der Waals surface area contributed by atoms with Crippen molar-refractivity contribution in [1.29, 1.82) is 0 Å². The van der Waals surface area contributed by atoms with Gasteiger partial charge in [-0.15, -0.1) is 0 Å². The van der Waals surface area contributed by atoms with Crippen LogP contribution >= 0.6 is 11.6 Å². The van der Waals surface area contributed by atoms with Crippen molar-refractivity contribution in [3.63, 3.8) is 0 Å². The van der Waals surface area contributed by atoms with Crippen LogP contribution in [-0.2, 0) is 6.61 Å². The van der Waals surface area contributed by atoms with E-state index in [0.29, 0.717) is 22.1 Å². The van der Waals surface area contributed by atoms with Gasteiger partial charge >= 0.3 is 0 Å². The molecule has 138 valence electrons. The van der Waals surface area contributed by atoms with E-state index in [1.54, 1.807) is 36.5 Å². The lowest BCUT2D eigenvalue weighted by molar-refractivity contribution is 0.280. The van der Waals surface area contributed by atoms with Crippen LogP contribution in [-0.4, -0.2) is 13.3 Å². The Morgan fingerprint density at radius 3 is 2.52 bits per heavy atom. The summed E-state index contributed by atoms with van der Waals surface area (Å²) in [5.74, 6) is 0.508. The molecule has 0 radical (unpaired) electrons. The van der Waals surface area contributed by atoms with Crippen LogP contribution < -0.4 is 9.47 Å². The summed E-state index contributed by atoms with van der Waals surface area (Å²) in [6.07, 6.45) is 1.71. The fourth-order valence-corrected chi connectivity index (χ4v) is 2.77. The number of hydrogen-bond acceptors (Lipinski definition) is 3. The summed E-state index contributed by atoms with van der Waals surface area (Å²) < 4.78 is 24.9. The Hall–Kier alpha value is -2.85. The molecule has 0 aromatic heterocycles. The molecule has 0 heterocycles. The lowest BCUT2D eigenvalue weighted by atomic mass is 10.2. The molecular formula is C22H19ClFNO2. The van der Waals surface area contributed by atoms with Gasteiger partial charge in [0.2, 0.25) is 0 Å². The lowest BCUT2D eigenvalue weighted by Crippen LogP contribution is -2.01. The highest BCUT2D eigenvalue weighted by Crippen LogP contribution is 2.36. The van der Waals surface area contributed by atoms with E-state index in [1.165, 1.54) is 18.7 Å². The SMILES string of the molecule is COc1cc(C=Nc2ccc(C)cc2)cc(Cl)c1OCc1ccccc1F. The average Bonchev–Trinajstić information content (AvgIpc) is 2.67. The molecule has 0 spiro atoms. The number of rotatable bonds is 6. The summed E-state index contributed by atoms with van der Waals surface area (Å²) in [7, 11) is 1.53. The third-order valence-corrected chi connectivity index (χ3v) is 4.26. The van der Waals surface area contributed by atoms with E-state index in [2.05, 4.69) is 4.99 Å². The minimum atomic E-state index is -0.325. The van der Waals surface area contributed by atoms with Crippen LogP contribution in [0.1, 0.15) is 16.7 Å². The molecule has 0 amide bonds. The Balaban J connectivity index is 1.80. The fraction of sp³-hybridized carbons (Fsp3) is 0.136. The van der Waals surface area contributed by atoms with Crippen LogP contribution in [0, 0.1) is 12.7 Å². The van der Waals surface area contributed by atoms with Crippen molar-refractivity contribution in [3.05, 3.63) is 88.2 Å². The second kappa shape index (κ2) is 8.69. The summed E-state index contributed by atoms with van der Waals surface area (Å²) >= 11 is 6.36. The van der Waals surface area contributed by atoms with Crippen LogP contribution in [0.3, 0.4) is 0 Å². The standard InChI is InChI=1S/C22H19ClFNO2/c1-15-7-9-18(10-8-15)25-13-16-11-19(23)22(21(12-16)26-2)27-14-17-5-3-4-6-20(17)24/h3-13H,14H2,1-2H3. The van der Waals surface area contributed by atoms with E-state index >= 15 is 0 Å². The maximum absolute atomic E-state index is 13.8. The highest BCUT2D eigenvalue weighted by molar-refractivity contribution is 6.32. The Kier molecular flexibility index (Phi) is 6.09. The molecule has 27 heavy (non-hydrogen) atoms. The smallest absolute Gasteiger partial charge is 0.180 e. The predicted molar refractivity (Wildman–Crippen MR) is 107 cm³/mol. The number of nitrogens with zero attached hydrogens (tertiary/aromatic N) is 1. The van der Waals surface area contributed by atoms with E-state index in [4.69, 9.17) is 21.1 Å². The lowest BCUT2D eigenvalue weighted by Gasteiger charge is -2.13. The molecule has 3 aromatic carbocycles. The van der Waals surface area contributed by atoms with Crippen molar-refractivity contribution < 1.29 is 13.9 Å². The molecule has 0 aliphatic carbocycles. The predicted octanol–water partition coefficient (Wildman–Crippen LogP) is 6.13. The molecule has 0 unspecified atom stereocenters. The highest BCUT2D eigenvalue weighted by Gasteiger charge is 2.13. The van der Waals surface area contributed by atoms with E-state index in [9.17, 15) is 4.39 Å². The van der Waals surface area contributed by atoms with Crippen LogP contribution in [0.5, 0.6) is 11.5 Å². The third-order valence-electron chi connectivity index (χ3n) is 3.98. The molecule has 3 rings (SSSR count). The highest BCUT2D eigenvalue weighted by atomic mass is 35.5. The molecule has 0 fully saturated rings. The van der Waals surface area contributed by atoms with Gasteiger partial charge in [0.15, 0.2) is 11.5 Å². The Bertz CT molecular complexity index is 955. The molecule has 0 atom stereocenters. The first-order valence-electron chi connectivity index (χ1n) is 8.41. The number of ether oxygens (including phenoxy) is 2. The summed E-state index contributed by atoms with van der Waals surface area (Å²) in [5.41, 5.74) is 3.24. The van der Waals surface area contributed by atoms with Gasteiger partial charge in [0.25, 0.3) is 0 Å². The van der Waals surface area contributed by atoms with Gasteiger partial charge in [0.1, 0.15) is 12.4 Å². The Morgan fingerprint density at radius 1 is 1.07 bits per heavy atom. The zero-order valence-corrected chi connectivity index (χ0v) is 15.8. The molecule has 0 saturated carbocycles. The van der Waals surface area contributed by atoms with Crippen LogP contribution in [0.2, 0.25) is 5.02 Å². The zero-order valence-electron chi connectivity index (χ0n) is 15.1. The molecule has 0 aliphatic heterocycles. The van der Waals surface area contributed by atoms with Gasteiger partial charge in [-0.2, -0.15) is 0 Å². The van der Waals surface area contributed by atoms with Crippen molar-refractivity contribution in [2.75, 3.05) is 7.11 Å². The Labute approximate surface area is 163 Å². The number of aliphatic imine (C=N–C) groups is 1. The quantitative estimate of drug-likeness (QED) is 0.479. The number of hydrogen-bond donors (Lipinski definition) is 0. The summed E-state index contributed by atoms with van der Waals surface area (Å²) in [6, 6.07) is 17.8. The van der Waals surface area contributed by atoms with Gasteiger partial charge in [-0.05, 0) is 42.8 Å². The maximum Gasteiger partial charge on any atom is 0.180 e. The molecule has 5 heteroatoms. The van der Waals surface area contributed by atoms with Gasteiger partial charge in [-0.25, -0.2) is 4.39 Å². The topological polar surface area (TPSA) is 30.8 Å². The van der Waals surface area contributed by atoms with Crippen molar-refractivity contribution in [2.24, 2.45) is 4.99 Å². The minimum absolute atomic E-state index is 0.0551. The van der Waals surface area contributed by atoms with Gasteiger partial charge in [-0.1, -0.05) is 47.5 Å². The fourth-order valence-electron chi connectivity index (χ4n) is 2.50. The van der Waals surface area contributed by atoms with Crippen molar-refractivity contribution in [2.45, 2.75) is 13.5 Å². The van der Waals surface area contributed by atoms with Crippen molar-refractivity contribution >= 4 is 23.5 Å². The van der Waals surface area contributed by atoms with Crippen molar-refractivity contribution in [1.82, 2.24) is 0 Å². The second-order valence-electron chi connectivity index (χ2n) is 6.01. The first-order chi connectivity index (χ1) is 13.1. The van der Waals surface area contributed by atoms with Gasteiger partial charge in [0, 0.05) is 11.8 Å². The largest absolute Gasteiger partial charge is 0.493 e. The maximum atomic E-state index is 13.8. The van der Waals surface area contributed by atoms with Crippen LogP contribution in [0.4, 0.5) is 10.1 Å². The molecule has 0 saturated heterocycles. The molecule has 0 aliphatic rings. The van der Waals surface area contributed by atoms with Gasteiger partial charge in [0.05, 0.1) is 17.8 Å². The van der Waals surface area contributed by atoms with Crippen LogP contribution in [0.15, 0.2) is 65.7 Å². The molecular weight excluding hydrogens is 365 g/mol. The first-order valence-corrected chi connectivity index (χ1v) is 8.79. The van der Waals surface area contributed by atoms with E-state index in [0.717, 1.165) is 11.3 Å². The normalized spacial score (nSPS) is 11.0. The van der Waals surface area contributed by atoms with Crippen LogP contribution in [0.25, 0.3) is 0 Å². The Morgan fingerprint density at radius 2 is 1.81 bits per heavy atom. The van der Waals surface area contributed by atoms with Crippen molar-refractivity contribution in [3.8, 4) is 11.5 Å². The zero-order chi connectivity index (χ0) is 19.2. The summed E-state index contributed by atoms with van der Waals surface area (Å²) in [4.78, 5) is 4.44. The minimum Gasteiger partial charge on any atom is -0.493 e. The van der Waals surface area contributed by atoms with E-state index < -0.39 is 0 Å². The number of aryl methyl sites for hydroxylation is 1. The number of halogens is 2. The number of benzene rings is 3. The van der Waals surface area contributed by atoms with Gasteiger partial charge in [-0.3, -0.25) is 4.99 Å². The summed E-state index contributed by atoms with van der Waals surface area (Å²) in [5, 5.41) is 0.371. The molecule has 3 nitrogen and oxygen atoms in total. The number of methoxy groups -OCH3 is 1. The summed E-state index contributed by atoms with van der Waals surface area (Å²) in [6.45, 7) is 2.08. The first kappa shape index (κ1) is 18.9. The average molecular weight is 384 g/mol. The molecule has 0 N–H and O–H groups in total. The third kappa shape index (κ3) is 4.86.